The predicted molar refractivity (Wildman–Crippen MR) is 80.7 cm³/mol. The Hall–Kier alpha value is -1.47. The fourth-order valence-electron chi connectivity index (χ4n) is 1.85. The molecule has 114 valence electrons. The number of benzene rings is 1. The fraction of sp³-hybridized carbons (Fsp3) is 0.286. The van der Waals surface area contributed by atoms with E-state index in [-0.39, 0.29) is 10.9 Å². The van der Waals surface area contributed by atoms with Crippen molar-refractivity contribution in [1.82, 2.24) is 0 Å². The summed E-state index contributed by atoms with van der Waals surface area (Å²) < 4.78 is 47.5. The van der Waals surface area contributed by atoms with Crippen molar-refractivity contribution in [3.8, 4) is 0 Å². The van der Waals surface area contributed by atoms with Gasteiger partial charge in [0, 0.05) is 15.4 Å². The predicted octanol–water partition coefficient (Wildman–Crippen LogP) is 4.23. The van der Waals surface area contributed by atoms with E-state index < -0.39 is 15.6 Å². The van der Waals surface area contributed by atoms with E-state index in [4.69, 9.17) is 0 Å². The van der Waals surface area contributed by atoms with Gasteiger partial charge in [0.15, 0.2) is 0 Å². The lowest BCUT2D eigenvalue weighted by atomic mass is 10.2. The average molecular weight is 331 g/mol. The van der Waals surface area contributed by atoms with Gasteiger partial charge in [0.25, 0.3) is 0 Å². The van der Waals surface area contributed by atoms with Crippen LogP contribution < -0.4 is 5.32 Å². The summed E-state index contributed by atoms with van der Waals surface area (Å²) in [5, 5.41) is 3.21. The van der Waals surface area contributed by atoms with E-state index in [0.717, 1.165) is 4.88 Å². The molecule has 0 saturated carbocycles. The van der Waals surface area contributed by atoms with Crippen molar-refractivity contribution in [2.75, 3.05) is 5.32 Å². The minimum Gasteiger partial charge on any atom is -0.378 e. The van der Waals surface area contributed by atoms with Gasteiger partial charge in [-0.3, -0.25) is 0 Å². The van der Waals surface area contributed by atoms with Crippen LogP contribution in [0.15, 0.2) is 41.3 Å². The van der Waals surface area contributed by atoms with Crippen molar-refractivity contribution in [3.63, 3.8) is 0 Å². The molecule has 2 aromatic rings. The maximum Gasteiger partial charge on any atom is 0.341 e. The van der Waals surface area contributed by atoms with Crippen molar-refractivity contribution in [2.24, 2.45) is 0 Å². The minimum absolute atomic E-state index is 0.0567. The molecule has 0 spiro atoms. The van der Waals surface area contributed by atoms with E-state index in [0.29, 0.717) is 5.69 Å². The molecule has 0 saturated heterocycles. The van der Waals surface area contributed by atoms with E-state index in [2.05, 4.69) is 5.32 Å². The zero-order chi connectivity index (χ0) is 15.6. The van der Waals surface area contributed by atoms with Crippen LogP contribution in [0.1, 0.15) is 22.7 Å². The van der Waals surface area contributed by atoms with E-state index in [9.17, 15) is 17.2 Å². The molecule has 1 unspecified atom stereocenters. The first-order valence-corrected chi connectivity index (χ1v) is 8.62. The van der Waals surface area contributed by atoms with Gasteiger partial charge < -0.3 is 5.32 Å². The van der Waals surface area contributed by atoms with Gasteiger partial charge in [-0.2, -0.15) is 8.78 Å². The van der Waals surface area contributed by atoms with E-state index in [1.54, 1.807) is 11.3 Å². The molecule has 0 radical (unpaired) electrons. The lowest BCUT2D eigenvalue weighted by molar-refractivity contribution is 0.234. The largest absolute Gasteiger partial charge is 0.378 e. The summed E-state index contributed by atoms with van der Waals surface area (Å²) in [7, 11) is -4.53. The van der Waals surface area contributed by atoms with Crippen LogP contribution in [0, 0.1) is 6.92 Å². The molecule has 0 fully saturated rings. The van der Waals surface area contributed by atoms with Gasteiger partial charge in [0.1, 0.15) is 0 Å². The number of alkyl halides is 2. The SMILES string of the molecule is Cc1ccc(C(C)Nc2ccc(S(=O)(=O)C(F)F)cc2)s1. The topological polar surface area (TPSA) is 46.2 Å². The van der Waals surface area contributed by atoms with Gasteiger partial charge in [-0.15, -0.1) is 11.3 Å². The number of anilines is 1. The summed E-state index contributed by atoms with van der Waals surface area (Å²) >= 11 is 1.67. The quantitative estimate of drug-likeness (QED) is 0.892. The van der Waals surface area contributed by atoms with Crippen molar-refractivity contribution in [1.29, 1.82) is 0 Å². The van der Waals surface area contributed by atoms with E-state index >= 15 is 0 Å². The zero-order valence-electron chi connectivity index (χ0n) is 11.5. The molecule has 0 aliphatic carbocycles. The number of halogens is 2. The van der Waals surface area contributed by atoms with Gasteiger partial charge >= 0.3 is 5.76 Å². The summed E-state index contributed by atoms with van der Waals surface area (Å²) in [4.78, 5) is 1.98. The lowest BCUT2D eigenvalue weighted by Crippen LogP contribution is -2.11. The normalized spacial score (nSPS) is 13.4. The summed E-state index contributed by atoms with van der Waals surface area (Å²) in [5.74, 6) is -3.40. The Labute approximate surface area is 126 Å². The van der Waals surface area contributed by atoms with Gasteiger partial charge in [-0.25, -0.2) is 8.42 Å². The second-order valence-electron chi connectivity index (χ2n) is 4.64. The highest BCUT2D eigenvalue weighted by Gasteiger charge is 2.26. The molecule has 1 aromatic heterocycles. The molecule has 1 aromatic carbocycles. The van der Waals surface area contributed by atoms with Crippen LogP contribution in [0.4, 0.5) is 14.5 Å². The first kappa shape index (κ1) is 15.9. The van der Waals surface area contributed by atoms with E-state index in [1.165, 1.54) is 29.1 Å². The van der Waals surface area contributed by atoms with E-state index in [1.807, 2.05) is 26.0 Å². The first-order chi connectivity index (χ1) is 9.80. The summed E-state index contributed by atoms with van der Waals surface area (Å²) in [5.41, 5.74) is 0.682. The van der Waals surface area contributed by atoms with Crippen LogP contribution in [0.2, 0.25) is 0 Å². The van der Waals surface area contributed by atoms with Crippen LogP contribution in [-0.4, -0.2) is 14.2 Å². The Kier molecular flexibility index (Phi) is 4.63. The Balaban J connectivity index is 2.13. The third-order valence-electron chi connectivity index (χ3n) is 2.99. The standard InChI is InChI=1S/C14H15F2NO2S2/c1-9-3-8-13(20-9)10(2)17-11-4-6-12(7-5-11)21(18,19)14(15)16/h3-8,10,14,17H,1-2H3. The highest BCUT2D eigenvalue weighted by Crippen LogP contribution is 2.27. The molecule has 0 aliphatic rings. The molecule has 0 aliphatic heterocycles. The molecule has 0 bridgehead atoms. The van der Waals surface area contributed by atoms with Crippen molar-refractivity contribution in [2.45, 2.75) is 30.5 Å². The molecule has 1 atom stereocenters. The second-order valence-corrected chi connectivity index (χ2v) is 7.88. The van der Waals surface area contributed by atoms with Crippen LogP contribution in [0.25, 0.3) is 0 Å². The Bertz CT molecular complexity index is 709. The third-order valence-corrected chi connectivity index (χ3v) is 5.57. The van der Waals surface area contributed by atoms with Crippen molar-refractivity contribution in [3.05, 3.63) is 46.2 Å². The smallest absolute Gasteiger partial charge is 0.341 e. The lowest BCUT2D eigenvalue weighted by Gasteiger charge is -2.14. The highest BCUT2D eigenvalue weighted by molar-refractivity contribution is 7.91. The number of rotatable bonds is 5. The molecular weight excluding hydrogens is 316 g/mol. The van der Waals surface area contributed by atoms with Crippen molar-refractivity contribution >= 4 is 26.9 Å². The minimum atomic E-state index is -4.53. The second kappa shape index (κ2) is 6.11. The van der Waals surface area contributed by atoms with Crippen molar-refractivity contribution < 1.29 is 17.2 Å². The zero-order valence-corrected chi connectivity index (χ0v) is 13.1. The number of nitrogens with one attached hydrogen (secondary N) is 1. The average Bonchev–Trinajstić information content (AvgIpc) is 2.86. The highest BCUT2D eigenvalue weighted by atomic mass is 32.2. The molecule has 7 heteroatoms. The maximum atomic E-state index is 12.4. The maximum absolute atomic E-state index is 12.4. The van der Waals surface area contributed by atoms with Gasteiger partial charge in [0.2, 0.25) is 9.84 Å². The van der Waals surface area contributed by atoms with Crippen LogP contribution >= 0.6 is 11.3 Å². The Morgan fingerprint density at radius 2 is 1.71 bits per heavy atom. The molecule has 3 nitrogen and oxygen atoms in total. The Morgan fingerprint density at radius 3 is 2.19 bits per heavy atom. The van der Waals surface area contributed by atoms with Gasteiger partial charge in [-0.05, 0) is 50.2 Å². The number of hydrogen-bond acceptors (Lipinski definition) is 4. The van der Waals surface area contributed by atoms with Crippen LogP contribution in [0.5, 0.6) is 0 Å². The van der Waals surface area contributed by atoms with Crippen LogP contribution in [0.3, 0.4) is 0 Å². The molecule has 1 N–H and O–H groups in total. The molecule has 1 heterocycles. The number of thiophene rings is 1. The fourth-order valence-corrected chi connectivity index (χ4v) is 3.45. The number of aryl methyl sites for hydroxylation is 1. The molecule has 0 amide bonds. The summed E-state index contributed by atoms with van der Waals surface area (Å²) in [6.07, 6.45) is 0. The first-order valence-electron chi connectivity index (χ1n) is 6.25. The van der Waals surface area contributed by atoms with Gasteiger partial charge in [0.05, 0.1) is 10.9 Å². The van der Waals surface area contributed by atoms with Crippen LogP contribution in [-0.2, 0) is 9.84 Å². The summed E-state index contributed by atoms with van der Waals surface area (Å²) in [6.45, 7) is 4.00. The molecular formula is C14H15F2NO2S2. The summed E-state index contributed by atoms with van der Waals surface area (Å²) in [6, 6.07) is 9.47. The molecule has 21 heavy (non-hydrogen) atoms. The van der Waals surface area contributed by atoms with Gasteiger partial charge in [-0.1, -0.05) is 0 Å². The third kappa shape index (κ3) is 3.59. The molecule has 2 rings (SSSR count). The number of hydrogen-bond donors (Lipinski definition) is 1. The number of sulfone groups is 1. The monoisotopic (exact) mass is 331 g/mol. The Morgan fingerprint density at radius 1 is 1.10 bits per heavy atom.